The molecule has 22 heavy (non-hydrogen) atoms. The lowest BCUT2D eigenvalue weighted by molar-refractivity contribution is 0.118. The topological polar surface area (TPSA) is 88.9 Å². The van der Waals surface area contributed by atoms with Gasteiger partial charge in [-0.15, -0.1) is 0 Å². The van der Waals surface area contributed by atoms with E-state index in [2.05, 4.69) is 20.2 Å². The van der Waals surface area contributed by atoms with Crippen LogP contribution < -0.4 is 10.6 Å². The second kappa shape index (κ2) is 6.05. The lowest BCUT2D eigenvalue weighted by Gasteiger charge is -2.23. The predicted molar refractivity (Wildman–Crippen MR) is 81.1 cm³/mol. The molecule has 1 saturated heterocycles. The summed E-state index contributed by atoms with van der Waals surface area (Å²) in [5.74, 6) is 1.22. The Morgan fingerprint density at radius 2 is 2.18 bits per heavy atom. The van der Waals surface area contributed by atoms with E-state index >= 15 is 0 Å². The van der Waals surface area contributed by atoms with E-state index in [9.17, 15) is 4.79 Å². The van der Waals surface area contributed by atoms with E-state index in [1.807, 2.05) is 11.8 Å². The van der Waals surface area contributed by atoms with Gasteiger partial charge in [0.05, 0.1) is 29.6 Å². The molecule has 0 aromatic carbocycles. The second-order valence-electron chi connectivity index (χ2n) is 5.09. The number of hydrogen-bond donors (Lipinski definition) is 1. The molecule has 3 rings (SSSR count). The summed E-state index contributed by atoms with van der Waals surface area (Å²) in [5.41, 5.74) is -0.213. The molecule has 0 spiro atoms. The smallest absolute Gasteiger partial charge is 0.343 e. The molecule has 0 amide bonds. The standard InChI is InChI=1S/C13H17ClN6O2/c1-3-19-11(17-18-13(19)21)10-4-9(22-2)7-20(10)12-15-5-8(14)6-16-12/h5-6,9-10H,3-4,7H2,1-2H3,(H,18,21)/t9-,10-/m0/s1. The molecule has 9 heteroatoms. The fourth-order valence-corrected chi connectivity index (χ4v) is 2.88. The number of aromatic amines is 1. The monoisotopic (exact) mass is 324 g/mol. The summed E-state index contributed by atoms with van der Waals surface area (Å²) in [6.45, 7) is 3.09. The molecule has 1 aliphatic heterocycles. The van der Waals surface area contributed by atoms with Crippen molar-refractivity contribution in [3.8, 4) is 0 Å². The number of anilines is 1. The Hall–Kier alpha value is -1.93. The van der Waals surface area contributed by atoms with Crippen molar-refractivity contribution in [3.05, 3.63) is 33.7 Å². The van der Waals surface area contributed by atoms with Crippen molar-refractivity contribution >= 4 is 17.5 Å². The summed E-state index contributed by atoms with van der Waals surface area (Å²) < 4.78 is 7.09. The third-order valence-corrected chi connectivity index (χ3v) is 4.06. The molecule has 3 heterocycles. The Balaban J connectivity index is 1.99. The van der Waals surface area contributed by atoms with Crippen LogP contribution in [0, 0.1) is 0 Å². The molecule has 8 nitrogen and oxygen atoms in total. The van der Waals surface area contributed by atoms with Crippen molar-refractivity contribution < 1.29 is 4.74 Å². The molecule has 1 aliphatic rings. The van der Waals surface area contributed by atoms with Crippen LogP contribution in [0.15, 0.2) is 17.2 Å². The van der Waals surface area contributed by atoms with Gasteiger partial charge in [0.1, 0.15) is 0 Å². The number of aromatic nitrogens is 5. The maximum absolute atomic E-state index is 11.8. The Morgan fingerprint density at radius 3 is 2.82 bits per heavy atom. The lowest BCUT2D eigenvalue weighted by atomic mass is 10.2. The van der Waals surface area contributed by atoms with E-state index in [1.54, 1.807) is 24.1 Å². The molecule has 0 bridgehead atoms. The Kier molecular flexibility index (Phi) is 4.12. The summed E-state index contributed by atoms with van der Waals surface area (Å²) >= 11 is 5.85. The minimum absolute atomic E-state index is 0.0291. The van der Waals surface area contributed by atoms with Gasteiger partial charge < -0.3 is 9.64 Å². The fourth-order valence-electron chi connectivity index (χ4n) is 2.78. The summed E-state index contributed by atoms with van der Waals surface area (Å²) in [5, 5.41) is 7.16. The van der Waals surface area contributed by atoms with Crippen LogP contribution in [0.5, 0.6) is 0 Å². The average molecular weight is 325 g/mol. The fraction of sp³-hybridized carbons (Fsp3) is 0.538. The minimum atomic E-state index is -0.213. The van der Waals surface area contributed by atoms with Crippen LogP contribution in [0.4, 0.5) is 5.95 Å². The molecule has 1 fully saturated rings. The molecule has 0 aliphatic carbocycles. The first-order valence-corrected chi connectivity index (χ1v) is 7.44. The molecular formula is C13H17ClN6O2. The van der Waals surface area contributed by atoms with E-state index in [4.69, 9.17) is 16.3 Å². The summed E-state index contributed by atoms with van der Waals surface area (Å²) in [6, 6.07) is -0.120. The van der Waals surface area contributed by atoms with Crippen LogP contribution in [-0.2, 0) is 11.3 Å². The first-order chi connectivity index (χ1) is 10.6. The van der Waals surface area contributed by atoms with E-state index < -0.39 is 0 Å². The Labute approximate surface area is 132 Å². The molecule has 118 valence electrons. The highest BCUT2D eigenvalue weighted by atomic mass is 35.5. The third-order valence-electron chi connectivity index (χ3n) is 3.86. The van der Waals surface area contributed by atoms with Crippen LogP contribution in [0.3, 0.4) is 0 Å². The van der Waals surface area contributed by atoms with Crippen LogP contribution in [0.25, 0.3) is 0 Å². The molecule has 1 N–H and O–H groups in total. The zero-order chi connectivity index (χ0) is 15.7. The van der Waals surface area contributed by atoms with Crippen molar-refractivity contribution in [1.29, 1.82) is 0 Å². The number of nitrogens with zero attached hydrogens (tertiary/aromatic N) is 5. The highest BCUT2D eigenvalue weighted by Gasteiger charge is 2.37. The van der Waals surface area contributed by atoms with E-state index in [1.165, 1.54) is 0 Å². The summed E-state index contributed by atoms with van der Waals surface area (Å²) in [6.07, 6.45) is 3.85. The van der Waals surface area contributed by atoms with Gasteiger partial charge in [-0.25, -0.2) is 19.9 Å². The van der Waals surface area contributed by atoms with Crippen LogP contribution in [0.2, 0.25) is 5.02 Å². The van der Waals surface area contributed by atoms with Gasteiger partial charge in [-0.1, -0.05) is 11.6 Å². The van der Waals surface area contributed by atoms with Gasteiger partial charge in [0.2, 0.25) is 5.95 Å². The molecule has 2 atom stereocenters. The zero-order valence-electron chi connectivity index (χ0n) is 12.4. The molecule has 0 saturated carbocycles. The first-order valence-electron chi connectivity index (χ1n) is 7.06. The number of ether oxygens (including phenoxy) is 1. The highest BCUT2D eigenvalue weighted by Crippen LogP contribution is 2.34. The maximum atomic E-state index is 11.8. The first kappa shape index (κ1) is 15.0. The number of rotatable bonds is 4. The van der Waals surface area contributed by atoms with Crippen molar-refractivity contribution in [2.45, 2.75) is 32.0 Å². The molecule has 2 aromatic heterocycles. The molecular weight excluding hydrogens is 308 g/mol. The van der Waals surface area contributed by atoms with Gasteiger partial charge in [-0.2, -0.15) is 5.10 Å². The van der Waals surface area contributed by atoms with Gasteiger partial charge in [0.15, 0.2) is 5.82 Å². The SMILES string of the molecule is CCn1c([C@@H]2C[C@H](OC)CN2c2ncc(Cl)cn2)n[nH]c1=O. The Bertz CT molecular complexity index is 697. The maximum Gasteiger partial charge on any atom is 0.343 e. The van der Waals surface area contributed by atoms with Crippen molar-refractivity contribution in [1.82, 2.24) is 24.7 Å². The highest BCUT2D eigenvalue weighted by molar-refractivity contribution is 6.30. The van der Waals surface area contributed by atoms with Gasteiger partial charge in [0, 0.05) is 26.6 Å². The normalized spacial score (nSPS) is 21.5. The lowest BCUT2D eigenvalue weighted by Crippen LogP contribution is -2.29. The number of methoxy groups -OCH3 is 1. The quantitative estimate of drug-likeness (QED) is 0.902. The van der Waals surface area contributed by atoms with Gasteiger partial charge >= 0.3 is 5.69 Å². The molecule has 2 aromatic rings. The summed E-state index contributed by atoms with van der Waals surface area (Å²) in [4.78, 5) is 22.3. The predicted octanol–water partition coefficient (Wildman–Crippen LogP) is 1.00. The average Bonchev–Trinajstić information content (AvgIpc) is 3.11. The largest absolute Gasteiger partial charge is 0.380 e. The van der Waals surface area contributed by atoms with Crippen LogP contribution in [0.1, 0.15) is 25.2 Å². The zero-order valence-corrected chi connectivity index (χ0v) is 13.1. The third kappa shape index (κ3) is 2.59. The number of nitrogens with one attached hydrogen (secondary N) is 1. The van der Waals surface area contributed by atoms with E-state index in [0.29, 0.717) is 36.3 Å². The van der Waals surface area contributed by atoms with Crippen LogP contribution in [-0.4, -0.2) is 44.5 Å². The Morgan fingerprint density at radius 1 is 1.45 bits per heavy atom. The molecule has 0 radical (unpaired) electrons. The van der Waals surface area contributed by atoms with E-state index in [0.717, 1.165) is 0 Å². The number of halogens is 1. The van der Waals surface area contributed by atoms with E-state index in [-0.39, 0.29) is 17.8 Å². The molecule has 0 unspecified atom stereocenters. The van der Waals surface area contributed by atoms with Crippen molar-refractivity contribution in [2.75, 3.05) is 18.6 Å². The number of H-pyrrole nitrogens is 1. The van der Waals surface area contributed by atoms with Gasteiger partial charge in [-0.05, 0) is 6.92 Å². The van der Waals surface area contributed by atoms with Gasteiger partial charge in [0.25, 0.3) is 0 Å². The number of hydrogen-bond acceptors (Lipinski definition) is 6. The van der Waals surface area contributed by atoms with Crippen LogP contribution >= 0.6 is 11.6 Å². The minimum Gasteiger partial charge on any atom is -0.380 e. The second-order valence-corrected chi connectivity index (χ2v) is 5.53. The van der Waals surface area contributed by atoms with Gasteiger partial charge in [-0.3, -0.25) is 4.57 Å². The van der Waals surface area contributed by atoms with Crippen molar-refractivity contribution in [2.24, 2.45) is 0 Å². The van der Waals surface area contributed by atoms with Crippen molar-refractivity contribution in [3.63, 3.8) is 0 Å². The summed E-state index contributed by atoms with van der Waals surface area (Å²) in [7, 11) is 1.67.